The van der Waals surface area contributed by atoms with Gasteiger partial charge in [-0.2, -0.15) is 5.10 Å². The van der Waals surface area contributed by atoms with Crippen LogP contribution in [0.15, 0.2) is 6.20 Å². The van der Waals surface area contributed by atoms with Gasteiger partial charge < -0.3 is 9.47 Å². The summed E-state index contributed by atoms with van der Waals surface area (Å²) in [5.74, 6) is 0.0848. The average molecular weight is 226 g/mol. The summed E-state index contributed by atoms with van der Waals surface area (Å²) in [5, 5.41) is 4.17. The van der Waals surface area contributed by atoms with E-state index in [1.807, 2.05) is 0 Å². The van der Waals surface area contributed by atoms with Gasteiger partial charge in [-0.25, -0.2) is 4.79 Å². The SMILES string of the molecule is COC(=O)c1cn(C)nc1COCC(C)C. The molecule has 0 atom stereocenters. The molecule has 0 amide bonds. The quantitative estimate of drug-likeness (QED) is 0.712. The molecular formula is C11H18N2O3. The van der Waals surface area contributed by atoms with E-state index in [0.29, 0.717) is 30.4 Å². The Morgan fingerprint density at radius 2 is 2.25 bits per heavy atom. The van der Waals surface area contributed by atoms with Crippen molar-refractivity contribution >= 4 is 5.97 Å². The Morgan fingerprint density at radius 3 is 2.81 bits per heavy atom. The second-order valence-corrected chi connectivity index (χ2v) is 4.06. The number of hydrogen-bond donors (Lipinski definition) is 0. The van der Waals surface area contributed by atoms with Gasteiger partial charge in [0.2, 0.25) is 0 Å². The Labute approximate surface area is 95.3 Å². The van der Waals surface area contributed by atoms with Crippen molar-refractivity contribution in [2.75, 3.05) is 13.7 Å². The topological polar surface area (TPSA) is 53.4 Å². The van der Waals surface area contributed by atoms with Gasteiger partial charge in [-0.1, -0.05) is 13.8 Å². The number of aryl methyl sites for hydroxylation is 1. The molecule has 0 N–H and O–H groups in total. The molecule has 90 valence electrons. The minimum atomic E-state index is -0.378. The normalized spacial score (nSPS) is 10.8. The number of ether oxygens (including phenoxy) is 2. The van der Waals surface area contributed by atoms with E-state index in [4.69, 9.17) is 4.74 Å². The van der Waals surface area contributed by atoms with Gasteiger partial charge in [-0.05, 0) is 5.92 Å². The van der Waals surface area contributed by atoms with E-state index in [2.05, 4.69) is 23.7 Å². The zero-order chi connectivity index (χ0) is 12.1. The van der Waals surface area contributed by atoms with Crippen molar-refractivity contribution < 1.29 is 14.3 Å². The number of methoxy groups -OCH3 is 1. The fourth-order valence-electron chi connectivity index (χ4n) is 1.31. The van der Waals surface area contributed by atoms with Crippen LogP contribution in [-0.4, -0.2) is 29.5 Å². The molecule has 0 bridgehead atoms. The predicted octanol–water partition coefficient (Wildman–Crippen LogP) is 1.38. The predicted molar refractivity (Wildman–Crippen MR) is 59.0 cm³/mol. The Morgan fingerprint density at radius 1 is 1.56 bits per heavy atom. The highest BCUT2D eigenvalue weighted by atomic mass is 16.5. The summed E-state index contributed by atoms with van der Waals surface area (Å²) < 4.78 is 11.7. The molecule has 0 saturated heterocycles. The second kappa shape index (κ2) is 5.65. The fraction of sp³-hybridized carbons (Fsp3) is 0.636. The monoisotopic (exact) mass is 226 g/mol. The maximum Gasteiger partial charge on any atom is 0.341 e. The Hall–Kier alpha value is -1.36. The molecule has 1 aromatic heterocycles. The van der Waals surface area contributed by atoms with Crippen molar-refractivity contribution in [3.63, 3.8) is 0 Å². The minimum absolute atomic E-state index is 0.337. The molecule has 1 heterocycles. The lowest BCUT2D eigenvalue weighted by molar-refractivity contribution is 0.0588. The van der Waals surface area contributed by atoms with Crippen LogP contribution in [0.25, 0.3) is 0 Å². The Balaban J connectivity index is 2.67. The van der Waals surface area contributed by atoms with Crippen molar-refractivity contribution in [2.45, 2.75) is 20.5 Å². The number of aromatic nitrogens is 2. The average Bonchev–Trinajstić information content (AvgIpc) is 2.58. The number of hydrogen-bond acceptors (Lipinski definition) is 4. The minimum Gasteiger partial charge on any atom is -0.465 e. The van der Waals surface area contributed by atoms with Crippen LogP contribution >= 0.6 is 0 Å². The highest BCUT2D eigenvalue weighted by molar-refractivity contribution is 5.90. The number of nitrogens with zero attached hydrogens (tertiary/aromatic N) is 2. The van der Waals surface area contributed by atoms with Gasteiger partial charge in [0.05, 0.1) is 13.7 Å². The van der Waals surface area contributed by atoms with Crippen molar-refractivity contribution in [1.29, 1.82) is 0 Å². The summed E-state index contributed by atoms with van der Waals surface area (Å²) >= 11 is 0. The van der Waals surface area contributed by atoms with Gasteiger partial charge in [0, 0.05) is 19.9 Å². The third-order valence-corrected chi connectivity index (χ3v) is 2.00. The summed E-state index contributed by atoms with van der Waals surface area (Å²) in [6.07, 6.45) is 1.64. The van der Waals surface area contributed by atoms with Crippen LogP contribution in [0.4, 0.5) is 0 Å². The molecule has 0 unspecified atom stereocenters. The van der Waals surface area contributed by atoms with E-state index in [-0.39, 0.29) is 5.97 Å². The largest absolute Gasteiger partial charge is 0.465 e. The van der Waals surface area contributed by atoms with Gasteiger partial charge in [0.1, 0.15) is 11.3 Å². The first-order valence-corrected chi connectivity index (χ1v) is 5.23. The molecule has 0 aromatic carbocycles. The van der Waals surface area contributed by atoms with Crippen LogP contribution in [-0.2, 0) is 23.1 Å². The second-order valence-electron chi connectivity index (χ2n) is 4.06. The van der Waals surface area contributed by atoms with Crippen LogP contribution in [0.5, 0.6) is 0 Å². The lowest BCUT2D eigenvalue weighted by atomic mass is 10.2. The maximum absolute atomic E-state index is 11.4. The molecular weight excluding hydrogens is 208 g/mol. The van der Waals surface area contributed by atoms with E-state index in [9.17, 15) is 4.79 Å². The zero-order valence-corrected chi connectivity index (χ0v) is 10.2. The molecule has 16 heavy (non-hydrogen) atoms. The zero-order valence-electron chi connectivity index (χ0n) is 10.2. The van der Waals surface area contributed by atoms with Crippen LogP contribution in [0.2, 0.25) is 0 Å². The molecule has 0 aliphatic carbocycles. The van der Waals surface area contributed by atoms with Crippen molar-refractivity contribution in [3.8, 4) is 0 Å². The third kappa shape index (κ3) is 3.34. The van der Waals surface area contributed by atoms with E-state index in [1.54, 1.807) is 17.9 Å². The number of esters is 1. The first-order chi connectivity index (χ1) is 7.54. The standard InChI is InChI=1S/C11H18N2O3/c1-8(2)6-16-7-10-9(11(14)15-4)5-13(3)12-10/h5,8H,6-7H2,1-4H3. The van der Waals surface area contributed by atoms with Crippen molar-refractivity contribution in [3.05, 3.63) is 17.5 Å². The van der Waals surface area contributed by atoms with Crippen LogP contribution < -0.4 is 0 Å². The van der Waals surface area contributed by atoms with Gasteiger partial charge in [0.25, 0.3) is 0 Å². The Bertz CT molecular complexity index is 358. The number of carbonyl (C=O) groups excluding carboxylic acids is 1. The molecule has 0 spiro atoms. The van der Waals surface area contributed by atoms with Crippen molar-refractivity contribution in [1.82, 2.24) is 9.78 Å². The Kier molecular flexibility index (Phi) is 4.49. The smallest absolute Gasteiger partial charge is 0.341 e. The van der Waals surface area contributed by atoms with E-state index in [0.717, 1.165) is 0 Å². The molecule has 5 nitrogen and oxygen atoms in total. The van der Waals surface area contributed by atoms with Crippen LogP contribution in [0, 0.1) is 5.92 Å². The van der Waals surface area contributed by atoms with Crippen LogP contribution in [0.1, 0.15) is 29.9 Å². The maximum atomic E-state index is 11.4. The van der Waals surface area contributed by atoms with Gasteiger partial charge in [0.15, 0.2) is 0 Å². The summed E-state index contributed by atoms with van der Waals surface area (Å²) in [6.45, 7) is 5.12. The van der Waals surface area contributed by atoms with Gasteiger partial charge >= 0.3 is 5.97 Å². The number of rotatable bonds is 5. The highest BCUT2D eigenvalue weighted by Crippen LogP contribution is 2.09. The van der Waals surface area contributed by atoms with Crippen molar-refractivity contribution in [2.24, 2.45) is 13.0 Å². The molecule has 0 aliphatic rings. The molecule has 0 saturated carbocycles. The highest BCUT2D eigenvalue weighted by Gasteiger charge is 2.15. The molecule has 1 aromatic rings. The summed E-state index contributed by atoms with van der Waals surface area (Å²) in [5.41, 5.74) is 1.09. The van der Waals surface area contributed by atoms with E-state index >= 15 is 0 Å². The molecule has 5 heteroatoms. The number of carbonyl (C=O) groups is 1. The summed E-state index contributed by atoms with van der Waals surface area (Å²) in [6, 6.07) is 0. The van der Waals surface area contributed by atoms with Gasteiger partial charge in [-0.15, -0.1) is 0 Å². The molecule has 0 fully saturated rings. The first-order valence-electron chi connectivity index (χ1n) is 5.23. The third-order valence-electron chi connectivity index (χ3n) is 2.00. The molecule has 0 radical (unpaired) electrons. The van der Waals surface area contributed by atoms with E-state index < -0.39 is 0 Å². The summed E-state index contributed by atoms with van der Waals surface area (Å²) in [4.78, 5) is 11.4. The lowest BCUT2D eigenvalue weighted by Crippen LogP contribution is -2.07. The van der Waals surface area contributed by atoms with E-state index in [1.165, 1.54) is 7.11 Å². The molecule has 1 rings (SSSR count). The lowest BCUT2D eigenvalue weighted by Gasteiger charge is -2.05. The fourth-order valence-corrected chi connectivity index (χ4v) is 1.31. The van der Waals surface area contributed by atoms with Crippen LogP contribution in [0.3, 0.4) is 0 Å². The molecule has 0 aliphatic heterocycles. The first kappa shape index (κ1) is 12.7. The summed E-state index contributed by atoms with van der Waals surface area (Å²) in [7, 11) is 3.12. The van der Waals surface area contributed by atoms with Gasteiger partial charge in [-0.3, -0.25) is 4.68 Å².